The number of nitrogens with one attached hydrogen (secondary N) is 1. The van der Waals surface area contributed by atoms with Crippen LogP contribution in [0.25, 0.3) is 0 Å². The molecule has 1 amide bonds. The average Bonchev–Trinajstić information content (AvgIpc) is 3.26. The maximum Gasteiger partial charge on any atom is 0.378 e. The lowest BCUT2D eigenvalue weighted by Crippen LogP contribution is -2.53. The molecule has 0 aromatic heterocycles. The van der Waals surface area contributed by atoms with Gasteiger partial charge in [0.25, 0.3) is 0 Å². The third kappa shape index (κ3) is 4.93. The van der Waals surface area contributed by atoms with Gasteiger partial charge in [-0.05, 0) is 59.9 Å². The van der Waals surface area contributed by atoms with Crippen LogP contribution in [0.3, 0.4) is 0 Å². The molecule has 2 spiro atoms. The fourth-order valence-electron chi connectivity index (χ4n) is 7.76. The zero-order valence-electron chi connectivity index (χ0n) is 23.6. The summed E-state index contributed by atoms with van der Waals surface area (Å²) in [7, 11) is 0. The molecular weight excluding hydrogens is 532 g/mol. The Bertz CT molecular complexity index is 1480. The first-order valence-electron chi connectivity index (χ1n) is 14.8. The second kappa shape index (κ2) is 11.4. The Kier molecular flexibility index (Phi) is 7.70. The van der Waals surface area contributed by atoms with Gasteiger partial charge in [-0.25, -0.2) is 14.1 Å². The van der Waals surface area contributed by atoms with Gasteiger partial charge in [-0.2, -0.15) is 0 Å². The van der Waals surface area contributed by atoms with Crippen molar-refractivity contribution in [2.24, 2.45) is 11.8 Å². The van der Waals surface area contributed by atoms with Gasteiger partial charge in [0, 0.05) is 19.3 Å². The van der Waals surface area contributed by atoms with E-state index in [0.29, 0.717) is 37.8 Å². The van der Waals surface area contributed by atoms with Crippen molar-refractivity contribution in [3.8, 4) is 0 Å². The predicted molar refractivity (Wildman–Crippen MR) is 155 cm³/mol. The standard InChI is InChI=1S/C34H36N2O6/c37-31(38)28-20-25(18-23-8-3-1-4-9-23)13-14-27(28)22-42-35-30-12-7-17-36(30)33(41)34(36)16-15-26(21-29(34)32(39)40)19-24-10-5-2-6-11-24/h1-6,8-11,13-14,20,26,29-30,35H,7,12,15-19,21-22H2,(H-,37,38,39,40)/p+1. The molecule has 8 nitrogen and oxygen atoms in total. The van der Waals surface area contributed by atoms with E-state index in [0.717, 1.165) is 30.4 Å². The minimum absolute atomic E-state index is 0.00292. The summed E-state index contributed by atoms with van der Waals surface area (Å²) in [6.07, 6.45) is 4.44. The summed E-state index contributed by atoms with van der Waals surface area (Å²) in [6.45, 7) is 0.619. The molecular formula is C34H37N2O6+. The van der Waals surface area contributed by atoms with Crippen molar-refractivity contribution >= 4 is 17.8 Å². The van der Waals surface area contributed by atoms with Gasteiger partial charge in [-0.15, -0.1) is 5.48 Å². The Morgan fingerprint density at radius 2 is 1.64 bits per heavy atom. The first-order valence-corrected chi connectivity index (χ1v) is 14.8. The summed E-state index contributed by atoms with van der Waals surface area (Å²) in [4.78, 5) is 44.2. The van der Waals surface area contributed by atoms with Gasteiger partial charge in [-0.3, -0.25) is 9.63 Å². The van der Waals surface area contributed by atoms with E-state index in [1.807, 2.05) is 54.6 Å². The quantitative estimate of drug-likeness (QED) is 0.180. The van der Waals surface area contributed by atoms with E-state index in [1.54, 1.807) is 12.1 Å². The van der Waals surface area contributed by atoms with E-state index < -0.39 is 23.4 Å². The van der Waals surface area contributed by atoms with Crippen molar-refractivity contribution in [1.29, 1.82) is 0 Å². The van der Waals surface area contributed by atoms with E-state index in [2.05, 4.69) is 17.6 Å². The number of amides is 1. The fourth-order valence-corrected chi connectivity index (χ4v) is 7.76. The number of fused-ring (bicyclic) bond motifs is 1. The monoisotopic (exact) mass is 569 g/mol. The highest BCUT2D eigenvalue weighted by atomic mass is 16.6. The minimum atomic E-state index is -1.02. The topological polar surface area (TPSA) is 113 Å². The van der Waals surface area contributed by atoms with Gasteiger partial charge in [0.2, 0.25) is 5.54 Å². The average molecular weight is 570 g/mol. The molecule has 3 N–H and O–H groups in total. The molecule has 3 aromatic rings. The van der Waals surface area contributed by atoms with Crippen molar-refractivity contribution in [2.75, 3.05) is 6.54 Å². The molecule has 5 unspecified atom stereocenters. The molecule has 5 atom stereocenters. The van der Waals surface area contributed by atoms with Crippen LogP contribution in [-0.2, 0) is 33.9 Å². The summed E-state index contributed by atoms with van der Waals surface area (Å²) in [5.41, 5.74) is 6.07. The molecule has 218 valence electrons. The molecule has 8 heteroatoms. The lowest BCUT2D eigenvalue weighted by atomic mass is 9.71. The van der Waals surface area contributed by atoms with Gasteiger partial charge >= 0.3 is 17.8 Å². The van der Waals surface area contributed by atoms with Gasteiger partial charge in [0.15, 0.2) is 6.17 Å². The molecule has 2 aliphatic heterocycles. The van der Waals surface area contributed by atoms with Crippen LogP contribution in [0.4, 0.5) is 0 Å². The number of aromatic carboxylic acids is 1. The Morgan fingerprint density at radius 1 is 0.929 bits per heavy atom. The number of aliphatic carboxylic acids is 1. The Hall–Kier alpha value is -3.85. The van der Waals surface area contributed by atoms with Gasteiger partial charge in [0.1, 0.15) is 5.92 Å². The number of hydrogen-bond acceptors (Lipinski definition) is 5. The number of benzene rings is 3. The van der Waals surface area contributed by atoms with Gasteiger partial charge in [-0.1, -0.05) is 72.8 Å². The SMILES string of the molecule is O=C(O)c1cc(Cc2ccccc2)ccc1CONC1CCC[N+]12C(=O)C21CCC(Cc2ccccc2)CC1C(=O)O. The van der Waals surface area contributed by atoms with Gasteiger partial charge < -0.3 is 10.2 Å². The molecule has 1 aliphatic carbocycles. The van der Waals surface area contributed by atoms with Crippen molar-refractivity contribution in [3.63, 3.8) is 0 Å². The maximum atomic E-state index is 13.7. The molecule has 0 radical (unpaired) electrons. The highest BCUT2D eigenvalue weighted by Gasteiger charge is 2.88. The zero-order valence-corrected chi connectivity index (χ0v) is 23.6. The molecule has 3 aliphatic rings. The fraction of sp³-hybridized carbons (Fsp3) is 0.382. The third-order valence-electron chi connectivity index (χ3n) is 9.76. The number of hydrogen-bond donors (Lipinski definition) is 3. The molecule has 2 saturated heterocycles. The maximum absolute atomic E-state index is 13.7. The summed E-state index contributed by atoms with van der Waals surface area (Å²) in [5, 5.41) is 20.2. The van der Waals surface area contributed by atoms with Gasteiger partial charge in [0.05, 0.1) is 18.7 Å². The number of rotatable bonds is 10. The molecule has 1 saturated carbocycles. The Morgan fingerprint density at radius 3 is 2.33 bits per heavy atom. The summed E-state index contributed by atoms with van der Waals surface area (Å²) >= 11 is 0. The Balaban J connectivity index is 1.13. The first kappa shape index (κ1) is 28.3. The zero-order chi connectivity index (χ0) is 29.3. The van der Waals surface area contributed by atoms with Crippen LogP contribution in [0.1, 0.15) is 64.7 Å². The van der Waals surface area contributed by atoms with E-state index in [-0.39, 0.29) is 34.6 Å². The molecule has 42 heavy (non-hydrogen) atoms. The van der Waals surface area contributed by atoms with Crippen LogP contribution in [0, 0.1) is 11.8 Å². The predicted octanol–water partition coefficient (Wildman–Crippen LogP) is 4.96. The minimum Gasteiger partial charge on any atom is -0.481 e. The van der Waals surface area contributed by atoms with Crippen molar-refractivity contribution in [2.45, 2.75) is 63.3 Å². The van der Waals surface area contributed by atoms with Crippen LogP contribution in [0.5, 0.6) is 0 Å². The van der Waals surface area contributed by atoms with Crippen LogP contribution in [0.2, 0.25) is 0 Å². The normalized spacial score (nSPS) is 28.3. The highest BCUT2D eigenvalue weighted by molar-refractivity contribution is 5.97. The summed E-state index contributed by atoms with van der Waals surface area (Å²) < 4.78 is 0.115. The molecule has 2 heterocycles. The molecule has 3 fully saturated rings. The molecule has 3 aromatic carbocycles. The lowest BCUT2D eigenvalue weighted by Gasteiger charge is -2.34. The number of quaternary nitrogens is 1. The van der Waals surface area contributed by atoms with Crippen LogP contribution >= 0.6 is 0 Å². The second-order valence-corrected chi connectivity index (χ2v) is 12.1. The first-order chi connectivity index (χ1) is 20.3. The van der Waals surface area contributed by atoms with Crippen LogP contribution in [-0.4, -0.2) is 50.8 Å². The van der Waals surface area contributed by atoms with Crippen LogP contribution in [0.15, 0.2) is 78.9 Å². The largest absolute Gasteiger partial charge is 0.481 e. The number of carboxylic acid groups (broad SMARTS) is 2. The lowest BCUT2D eigenvalue weighted by molar-refractivity contribution is -0.821. The molecule has 6 rings (SSSR count). The summed E-state index contributed by atoms with van der Waals surface area (Å²) in [6, 6.07) is 25.4. The summed E-state index contributed by atoms with van der Waals surface area (Å²) in [5.74, 6) is -2.43. The number of carboxylic acids is 2. The van der Waals surface area contributed by atoms with E-state index in [9.17, 15) is 24.6 Å². The van der Waals surface area contributed by atoms with Crippen LogP contribution < -0.4 is 5.48 Å². The van der Waals surface area contributed by atoms with E-state index >= 15 is 0 Å². The number of hydroxylamine groups is 1. The van der Waals surface area contributed by atoms with E-state index in [1.165, 1.54) is 5.56 Å². The van der Waals surface area contributed by atoms with Crippen molar-refractivity contribution in [3.05, 3.63) is 107 Å². The van der Waals surface area contributed by atoms with Crippen molar-refractivity contribution in [1.82, 2.24) is 5.48 Å². The van der Waals surface area contributed by atoms with E-state index in [4.69, 9.17) is 4.84 Å². The van der Waals surface area contributed by atoms with Crippen molar-refractivity contribution < 1.29 is 33.9 Å². The Labute approximate surface area is 245 Å². The third-order valence-corrected chi connectivity index (χ3v) is 9.76. The highest BCUT2D eigenvalue weighted by Crippen LogP contribution is 2.61. The number of carbonyl (C=O) groups is 3. The molecule has 0 bridgehead atoms. The smallest absolute Gasteiger partial charge is 0.378 e. The number of carbonyl (C=O) groups excluding carboxylic acids is 1. The second-order valence-electron chi connectivity index (χ2n) is 12.1. The number of nitrogens with zero attached hydrogens (tertiary/aromatic N) is 1.